The molecule has 0 unspecified atom stereocenters. The van der Waals surface area contributed by atoms with Gasteiger partial charge in [0, 0.05) is 29.3 Å². The molecule has 0 fully saturated rings. The SMILES string of the molecule is COc1cc(O)c2c(c1-c1c(C)cc(O)c3c(OC)cccc13)C[C@H](C)N[C@@H]2C. The highest BCUT2D eigenvalue weighted by atomic mass is 16.5. The van der Waals surface area contributed by atoms with Gasteiger partial charge in [-0.2, -0.15) is 0 Å². The van der Waals surface area contributed by atoms with Crippen LogP contribution in [0.15, 0.2) is 30.3 Å². The zero-order chi connectivity index (χ0) is 20.9. The van der Waals surface area contributed by atoms with Gasteiger partial charge in [-0.3, -0.25) is 0 Å². The van der Waals surface area contributed by atoms with Crippen molar-refractivity contribution in [1.29, 1.82) is 0 Å². The molecule has 2 atom stereocenters. The Labute approximate surface area is 170 Å². The van der Waals surface area contributed by atoms with Crippen LogP contribution in [0.5, 0.6) is 23.0 Å². The van der Waals surface area contributed by atoms with Crippen molar-refractivity contribution in [2.75, 3.05) is 14.2 Å². The summed E-state index contributed by atoms with van der Waals surface area (Å²) < 4.78 is 11.3. The number of hydrogen-bond acceptors (Lipinski definition) is 5. The van der Waals surface area contributed by atoms with Gasteiger partial charge in [0.25, 0.3) is 0 Å². The Bertz CT molecular complexity index is 1110. The van der Waals surface area contributed by atoms with Crippen LogP contribution < -0.4 is 14.8 Å². The van der Waals surface area contributed by atoms with Crippen molar-refractivity contribution >= 4 is 10.8 Å². The summed E-state index contributed by atoms with van der Waals surface area (Å²) in [5, 5.41) is 26.5. The first-order valence-electron chi connectivity index (χ1n) is 9.85. The Kier molecular flexibility index (Phi) is 4.79. The molecule has 152 valence electrons. The smallest absolute Gasteiger partial charge is 0.130 e. The number of aryl methyl sites for hydroxylation is 1. The molecule has 1 heterocycles. The summed E-state index contributed by atoms with van der Waals surface area (Å²) in [4.78, 5) is 0. The number of benzene rings is 3. The maximum atomic E-state index is 10.7. The number of nitrogens with one attached hydrogen (secondary N) is 1. The van der Waals surface area contributed by atoms with Gasteiger partial charge in [-0.05, 0) is 61.4 Å². The average Bonchev–Trinajstić information content (AvgIpc) is 2.67. The van der Waals surface area contributed by atoms with Crippen molar-refractivity contribution in [1.82, 2.24) is 5.32 Å². The zero-order valence-electron chi connectivity index (χ0n) is 17.5. The molecule has 0 saturated heterocycles. The minimum atomic E-state index is 0.0247. The van der Waals surface area contributed by atoms with Crippen molar-refractivity contribution in [3.05, 3.63) is 47.0 Å². The maximum Gasteiger partial charge on any atom is 0.130 e. The van der Waals surface area contributed by atoms with E-state index in [9.17, 15) is 10.2 Å². The van der Waals surface area contributed by atoms with Gasteiger partial charge in [-0.15, -0.1) is 0 Å². The van der Waals surface area contributed by atoms with Crippen molar-refractivity contribution in [3.8, 4) is 34.1 Å². The summed E-state index contributed by atoms with van der Waals surface area (Å²) >= 11 is 0. The normalized spacial score (nSPS) is 18.5. The number of phenolic OH excluding ortho intramolecular Hbond substituents is 2. The average molecular weight is 393 g/mol. The predicted octanol–water partition coefficient (Wildman–Crippen LogP) is 4.84. The molecule has 0 amide bonds. The van der Waals surface area contributed by atoms with Crippen LogP contribution in [0.3, 0.4) is 0 Å². The fourth-order valence-electron chi connectivity index (χ4n) is 4.79. The first kappa shape index (κ1) is 19.4. The van der Waals surface area contributed by atoms with E-state index in [1.807, 2.05) is 25.1 Å². The van der Waals surface area contributed by atoms with Crippen molar-refractivity contribution in [2.24, 2.45) is 0 Å². The zero-order valence-corrected chi connectivity index (χ0v) is 17.5. The van der Waals surface area contributed by atoms with Crippen molar-refractivity contribution < 1.29 is 19.7 Å². The highest BCUT2D eigenvalue weighted by Gasteiger charge is 2.30. The first-order chi connectivity index (χ1) is 13.9. The second kappa shape index (κ2) is 7.16. The molecule has 3 aromatic carbocycles. The molecule has 5 heteroatoms. The third kappa shape index (κ3) is 2.97. The van der Waals surface area contributed by atoms with Gasteiger partial charge in [-0.25, -0.2) is 0 Å². The number of fused-ring (bicyclic) bond motifs is 2. The molecular weight excluding hydrogens is 366 g/mol. The lowest BCUT2D eigenvalue weighted by Crippen LogP contribution is -2.36. The van der Waals surface area contributed by atoms with Crippen LogP contribution in [0.25, 0.3) is 21.9 Å². The molecule has 1 aliphatic heterocycles. The van der Waals surface area contributed by atoms with Gasteiger partial charge < -0.3 is 25.0 Å². The second-order valence-electron chi connectivity index (χ2n) is 7.83. The van der Waals surface area contributed by atoms with Crippen LogP contribution in [-0.4, -0.2) is 30.5 Å². The molecule has 3 N–H and O–H groups in total. The summed E-state index contributed by atoms with van der Waals surface area (Å²) in [7, 11) is 3.23. The second-order valence-corrected chi connectivity index (χ2v) is 7.83. The van der Waals surface area contributed by atoms with Crippen molar-refractivity contribution in [2.45, 2.75) is 39.3 Å². The number of methoxy groups -OCH3 is 2. The van der Waals surface area contributed by atoms with Gasteiger partial charge in [0.15, 0.2) is 0 Å². The fraction of sp³-hybridized carbons (Fsp3) is 0.333. The lowest BCUT2D eigenvalue weighted by Gasteiger charge is -2.33. The summed E-state index contributed by atoms with van der Waals surface area (Å²) in [6.07, 6.45) is 0.769. The largest absolute Gasteiger partial charge is 0.507 e. The molecule has 29 heavy (non-hydrogen) atoms. The van der Waals surface area contributed by atoms with E-state index >= 15 is 0 Å². The number of rotatable bonds is 3. The molecule has 0 bridgehead atoms. The summed E-state index contributed by atoms with van der Waals surface area (Å²) in [6, 6.07) is 9.52. The number of aromatic hydroxyl groups is 2. The van der Waals surface area contributed by atoms with E-state index in [1.54, 1.807) is 26.4 Å². The van der Waals surface area contributed by atoms with E-state index in [-0.39, 0.29) is 23.6 Å². The Balaban J connectivity index is 2.17. The van der Waals surface area contributed by atoms with Gasteiger partial charge >= 0.3 is 0 Å². The predicted molar refractivity (Wildman–Crippen MR) is 115 cm³/mol. The van der Waals surface area contributed by atoms with Crippen LogP contribution in [0.4, 0.5) is 0 Å². The highest BCUT2D eigenvalue weighted by molar-refractivity contribution is 6.06. The minimum absolute atomic E-state index is 0.0247. The van der Waals surface area contributed by atoms with E-state index in [1.165, 1.54) is 0 Å². The summed E-state index contributed by atoms with van der Waals surface area (Å²) in [5.74, 6) is 1.68. The lowest BCUT2D eigenvalue weighted by molar-refractivity contribution is 0.389. The maximum absolute atomic E-state index is 10.7. The van der Waals surface area contributed by atoms with Gasteiger partial charge in [-0.1, -0.05) is 12.1 Å². The van der Waals surface area contributed by atoms with Crippen LogP contribution >= 0.6 is 0 Å². The third-order valence-electron chi connectivity index (χ3n) is 5.88. The molecule has 0 saturated carbocycles. The Hall–Kier alpha value is -2.92. The highest BCUT2D eigenvalue weighted by Crippen LogP contribution is 2.49. The van der Waals surface area contributed by atoms with Crippen LogP contribution in [-0.2, 0) is 6.42 Å². The lowest BCUT2D eigenvalue weighted by atomic mass is 9.81. The van der Waals surface area contributed by atoms with E-state index < -0.39 is 0 Å². The van der Waals surface area contributed by atoms with Crippen LogP contribution in [0.1, 0.15) is 36.6 Å². The molecular formula is C24H27NO4. The van der Waals surface area contributed by atoms with Crippen molar-refractivity contribution in [3.63, 3.8) is 0 Å². The number of phenols is 2. The van der Waals surface area contributed by atoms with E-state index in [2.05, 4.69) is 19.2 Å². The minimum Gasteiger partial charge on any atom is -0.507 e. The van der Waals surface area contributed by atoms with Gasteiger partial charge in [0.1, 0.15) is 23.0 Å². The molecule has 0 aliphatic carbocycles. The molecule has 1 aliphatic rings. The number of hydrogen-bond donors (Lipinski definition) is 3. The third-order valence-corrected chi connectivity index (χ3v) is 5.88. The van der Waals surface area contributed by atoms with Crippen LogP contribution in [0, 0.1) is 6.92 Å². The Morgan fingerprint density at radius 2 is 1.69 bits per heavy atom. The molecule has 5 nitrogen and oxygen atoms in total. The molecule has 0 spiro atoms. The fourth-order valence-corrected chi connectivity index (χ4v) is 4.79. The monoisotopic (exact) mass is 393 g/mol. The summed E-state index contributed by atoms with van der Waals surface area (Å²) in [6.45, 7) is 6.19. The molecule has 0 aromatic heterocycles. The number of ether oxygens (including phenoxy) is 2. The Morgan fingerprint density at radius 3 is 2.38 bits per heavy atom. The standard InChI is InChI=1S/C24H27NO4/c1-12-9-17(26)23-15(7-6-8-19(23)28-4)21(12)24-16-10-13(2)25-14(3)22(16)18(27)11-20(24)29-5/h6-9,11,13-14,25-27H,10H2,1-5H3/t13-,14+/m0/s1. The molecule has 0 radical (unpaired) electrons. The molecule has 4 rings (SSSR count). The van der Waals surface area contributed by atoms with Gasteiger partial charge in [0.05, 0.1) is 19.6 Å². The van der Waals surface area contributed by atoms with Crippen LogP contribution in [0.2, 0.25) is 0 Å². The quantitative estimate of drug-likeness (QED) is 0.594. The summed E-state index contributed by atoms with van der Waals surface area (Å²) in [5.41, 5.74) is 4.89. The van der Waals surface area contributed by atoms with E-state index in [4.69, 9.17) is 9.47 Å². The Morgan fingerprint density at radius 1 is 0.966 bits per heavy atom. The topological polar surface area (TPSA) is 71.0 Å². The first-order valence-corrected chi connectivity index (χ1v) is 9.85. The van der Waals surface area contributed by atoms with Gasteiger partial charge in [0.2, 0.25) is 0 Å². The van der Waals surface area contributed by atoms with E-state index in [0.29, 0.717) is 16.9 Å². The molecule has 3 aromatic rings. The van der Waals surface area contributed by atoms with E-state index in [0.717, 1.165) is 39.6 Å².